The third-order valence-corrected chi connectivity index (χ3v) is 4.47. The van der Waals surface area contributed by atoms with Gasteiger partial charge in [-0.1, -0.05) is 29.8 Å². The minimum Gasteiger partial charge on any atom is -0.476 e. The third-order valence-electron chi connectivity index (χ3n) is 4.10. The van der Waals surface area contributed by atoms with Crippen molar-refractivity contribution in [3.63, 3.8) is 0 Å². The molecular weight excluding hydrogens is 330 g/mol. The molecule has 1 N–H and O–H groups in total. The quantitative estimate of drug-likeness (QED) is 0.871. The number of amides is 1. The number of hydrogen-bond donors (Lipinski definition) is 1. The maximum absolute atomic E-state index is 12.9. The Balaban J connectivity index is 1.86. The molecule has 0 bridgehead atoms. The predicted molar refractivity (Wildman–Crippen MR) is 89.1 cm³/mol. The number of carboxylic acid groups (broad SMARTS) is 1. The summed E-state index contributed by atoms with van der Waals surface area (Å²) in [6.45, 7) is 1.03. The average molecular weight is 348 g/mol. The zero-order valence-electron chi connectivity index (χ0n) is 13.3. The van der Waals surface area contributed by atoms with Gasteiger partial charge in [-0.25, -0.2) is 4.79 Å². The molecule has 0 radical (unpaired) electrons. The van der Waals surface area contributed by atoms with Crippen LogP contribution in [0.3, 0.4) is 0 Å². The molecule has 24 heavy (non-hydrogen) atoms. The Morgan fingerprint density at radius 2 is 2.08 bits per heavy atom. The third kappa shape index (κ3) is 3.59. The van der Waals surface area contributed by atoms with E-state index < -0.39 is 5.97 Å². The summed E-state index contributed by atoms with van der Waals surface area (Å²) >= 11 is 6.21. The lowest BCUT2D eigenvalue weighted by Gasteiger charge is -2.23. The van der Waals surface area contributed by atoms with Crippen molar-refractivity contribution in [1.29, 1.82) is 0 Å². The van der Waals surface area contributed by atoms with Gasteiger partial charge in [0.05, 0.1) is 0 Å². The highest BCUT2D eigenvalue weighted by atomic mass is 35.5. The second-order valence-corrected chi connectivity index (χ2v) is 6.47. The van der Waals surface area contributed by atoms with E-state index in [0.29, 0.717) is 24.0 Å². The topological polar surface area (TPSA) is 75.4 Å². The van der Waals surface area contributed by atoms with Crippen molar-refractivity contribution < 1.29 is 14.7 Å². The molecule has 126 valence electrons. The van der Waals surface area contributed by atoms with Gasteiger partial charge >= 0.3 is 5.97 Å². The Morgan fingerprint density at radius 3 is 2.67 bits per heavy atom. The second kappa shape index (κ2) is 6.65. The lowest BCUT2D eigenvalue weighted by Crippen LogP contribution is -2.33. The molecule has 1 saturated carbocycles. The molecule has 7 heteroatoms. The van der Waals surface area contributed by atoms with Crippen LogP contribution in [0.4, 0.5) is 0 Å². The Morgan fingerprint density at radius 1 is 1.38 bits per heavy atom. The molecule has 0 spiro atoms. The molecular formula is C17H18ClN3O3. The molecule has 1 amide bonds. The van der Waals surface area contributed by atoms with Crippen LogP contribution in [-0.2, 0) is 13.6 Å². The molecule has 0 unspecified atom stereocenters. The number of hydrogen-bond acceptors (Lipinski definition) is 3. The molecule has 1 fully saturated rings. The van der Waals surface area contributed by atoms with Gasteiger partial charge in [0, 0.05) is 31.2 Å². The highest BCUT2D eigenvalue weighted by Gasteiger charge is 2.29. The normalized spacial score (nSPS) is 13.8. The van der Waals surface area contributed by atoms with Crippen LogP contribution in [0.25, 0.3) is 0 Å². The molecule has 1 aliphatic carbocycles. The molecule has 0 aliphatic heterocycles. The van der Waals surface area contributed by atoms with Crippen molar-refractivity contribution in [2.45, 2.75) is 19.4 Å². The fourth-order valence-corrected chi connectivity index (χ4v) is 2.79. The second-order valence-electron chi connectivity index (χ2n) is 6.06. The predicted octanol–water partition coefficient (Wildman–Crippen LogP) is 2.82. The highest BCUT2D eigenvalue weighted by Crippen LogP contribution is 2.31. The Hall–Kier alpha value is -2.34. The van der Waals surface area contributed by atoms with Gasteiger partial charge in [0.1, 0.15) is 5.69 Å². The molecule has 1 aliphatic rings. The summed E-state index contributed by atoms with van der Waals surface area (Å²) < 4.78 is 1.32. The maximum Gasteiger partial charge on any atom is 0.356 e. The maximum atomic E-state index is 12.9. The minimum atomic E-state index is -1.15. The first-order valence-corrected chi connectivity index (χ1v) is 8.13. The van der Waals surface area contributed by atoms with Gasteiger partial charge in [0.15, 0.2) is 5.69 Å². The number of rotatable bonds is 6. The standard InChI is InChI=1S/C17H18ClN3O3/c1-20-15(8-14(19-20)17(23)24)16(22)21(9-11-6-7-11)10-12-4-2-3-5-13(12)18/h2-5,8,11H,6-7,9-10H2,1H3,(H,23,24). The van der Waals surface area contributed by atoms with Gasteiger partial charge in [0.2, 0.25) is 0 Å². The van der Waals surface area contributed by atoms with Crippen molar-refractivity contribution in [2.24, 2.45) is 13.0 Å². The Bertz CT molecular complexity index is 783. The number of carboxylic acids is 1. The number of aromatic carboxylic acids is 1. The van der Waals surface area contributed by atoms with Gasteiger partial charge in [0.25, 0.3) is 5.91 Å². The smallest absolute Gasteiger partial charge is 0.356 e. The molecule has 1 aromatic heterocycles. The van der Waals surface area contributed by atoms with Crippen LogP contribution in [-0.4, -0.2) is 38.2 Å². The molecule has 2 aromatic rings. The van der Waals surface area contributed by atoms with Gasteiger partial charge in [-0.05, 0) is 30.4 Å². The number of carbonyl (C=O) groups excluding carboxylic acids is 1. The van der Waals surface area contributed by atoms with Crippen LogP contribution in [0.2, 0.25) is 5.02 Å². The van der Waals surface area contributed by atoms with E-state index in [1.165, 1.54) is 10.7 Å². The number of aromatic nitrogens is 2. The van der Waals surface area contributed by atoms with E-state index in [0.717, 1.165) is 18.4 Å². The number of aryl methyl sites for hydroxylation is 1. The van der Waals surface area contributed by atoms with E-state index in [4.69, 9.17) is 16.7 Å². The summed E-state index contributed by atoms with van der Waals surface area (Å²) in [6, 6.07) is 8.73. The lowest BCUT2D eigenvalue weighted by molar-refractivity contribution is 0.0688. The minimum absolute atomic E-state index is 0.134. The Labute approximate surface area is 144 Å². The van der Waals surface area contributed by atoms with Crippen molar-refractivity contribution in [3.05, 3.63) is 52.3 Å². The van der Waals surface area contributed by atoms with E-state index >= 15 is 0 Å². The summed E-state index contributed by atoms with van der Waals surface area (Å²) in [5.41, 5.74) is 0.999. The van der Waals surface area contributed by atoms with E-state index in [9.17, 15) is 9.59 Å². The van der Waals surface area contributed by atoms with Crippen LogP contribution in [0.15, 0.2) is 30.3 Å². The Kier molecular flexibility index (Phi) is 4.57. The van der Waals surface area contributed by atoms with Crippen LogP contribution in [0.1, 0.15) is 39.4 Å². The van der Waals surface area contributed by atoms with Crippen LogP contribution >= 0.6 is 11.6 Å². The van der Waals surface area contributed by atoms with Gasteiger partial charge in [-0.3, -0.25) is 9.48 Å². The molecule has 3 rings (SSSR count). The number of nitrogens with zero attached hydrogens (tertiary/aromatic N) is 3. The molecule has 1 heterocycles. The van der Waals surface area contributed by atoms with Crippen LogP contribution in [0.5, 0.6) is 0 Å². The van der Waals surface area contributed by atoms with E-state index in [1.807, 2.05) is 18.2 Å². The monoisotopic (exact) mass is 347 g/mol. The molecule has 0 saturated heterocycles. The lowest BCUT2D eigenvalue weighted by atomic mass is 10.2. The van der Waals surface area contributed by atoms with Gasteiger partial charge in [-0.15, -0.1) is 0 Å². The van der Waals surface area contributed by atoms with Gasteiger partial charge in [-0.2, -0.15) is 5.10 Å². The largest absolute Gasteiger partial charge is 0.476 e. The first kappa shape index (κ1) is 16.5. The number of halogens is 1. The van der Waals surface area contributed by atoms with Crippen molar-refractivity contribution in [2.75, 3.05) is 6.54 Å². The fraction of sp³-hybridized carbons (Fsp3) is 0.353. The highest BCUT2D eigenvalue weighted by molar-refractivity contribution is 6.31. The zero-order valence-corrected chi connectivity index (χ0v) is 14.0. The van der Waals surface area contributed by atoms with Crippen LogP contribution in [0, 0.1) is 5.92 Å². The van der Waals surface area contributed by atoms with Crippen molar-refractivity contribution in [3.8, 4) is 0 Å². The summed E-state index contributed by atoms with van der Waals surface area (Å²) in [4.78, 5) is 25.7. The summed E-state index contributed by atoms with van der Waals surface area (Å²) in [5, 5.41) is 13.5. The van der Waals surface area contributed by atoms with Crippen molar-refractivity contribution in [1.82, 2.24) is 14.7 Å². The molecule has 0 atom stereocenters. The number of carbonyl (C=O) groups is 2. The van der Waals surface area contributed by atoms with Crippen LogP contribution < -0.4 is 0 Å². The van der Waals surface area contributed by atoms with E-state index in [2.05, 4.69) is 5.10 Å². The fourth-order valence-electron chi connectivity index (χ4n) is 2.60. The SMILES string of the molecule is Cn1nc(C(=O)O)cc1C(=O)N(Cc1ccccc1Cl)CC1CC1. The summed E-state index contributed by atoms with van der Waals surface area (Å²) in [6.07, 6.45) is 2.22. The molecule has 6 nitrogen and oxygen atoms in total. The first-order chi connectivity index (χ1) is 11.5. The van der Waals surface area contributed by atoms with E-state index in [-0.39, 0.29) is 17.3 Å². The number of benzene rings is 1. The zero-order chi connectivity index (χ0) is 17.3. The van der Waals surface area contributed by atoms with E-state index in [1.54, 1.807) is 18.0 Å². The van der Waals surface area contributed by atoms with Gasteiger partial charge < -0.3 is 10.0 Å². The summed E-state index contributed by atoms with van der Waals surface area (Å²) in [7, 11) is 1.57. The van der Waals surface area contributed by atoms with Crippen molar-refractivity contribution >= 4 is 23.5 Å². The average Bonchev–Trinajstić information content (AvgIpc) is 3.27. The summed E-state index contributed by atoms with van der Waals surface area (Å²) in [5.74, 6) is -0.877. The molecule has 1 aromatic carbocycles. The first-order valence-electron chi connectivity index (χ1n) is 7.75.